The van der Waals surface area contributed by atoms with Crippen LogP contribution in [0.15, 0.2) is 91.0 Å². The molecule has 1 unspecified atom stereocenters. The fraction of sp³-hybridized carbons (Fsp3) is 0.324. The van der Waals surface area contributed by atoms with E-state index in [2.05, 4.69) is 31.9 Å². The number of benzene rings is 3. The minimum atomic E-state index is -1.21. The fourth-order valence-corrected chi connectivity index (χ4v) is 5.18. The van der Waals surface area contributed by atoms with Gasteiger partial charge in [-0.05, 0) is 30.7 Å². The molecule has 52 heavy (non-hydrogen) atoms. The second kappa shape index (κ2) is 20.6. The maximum absolute atomic E-state index is 13.5. The third-order valence-electron chi connectivity index (χ3n) is 8.01. The Labute approximate surface area is 301 Å². The van der Waals surface area contributed by atoms with Gasteiger partial charge in [0, 0.05) is 19.3 Å². The van der Waals surface area contributed by atoms with Crippen LogP contribution >= 0.6 is 0 Å². The first-order valence-corrected chi connectivity index (χ1v) is 16.6. The summed E-state index contributed by atoms with van der Waals surface area (Å²) < 4.78 is 0. The van der Waals surface area contributed by atoms with Crippen LogP contribution in [0.1, 0.15) is 30.0 Å². The molecule has 3 aromatic carbocycles. The smallest absolute Gasteiger partial charge is 0.305 e. The lowest BCUT2D eigenvalue weighted by Crippen LogP contribution is -2.57. The third kappa shape index (κ3) is 13.7. The van der Waals surface area contributed by atoms with Gasteiger partial charge in [0.25, 0.3) is 0 Å². The van der Waals surface area contributed by atoms with E-state index in [1.807, 2.05) is 6.07 Å². The quantitative estimate of drug-likeness (QED) is 0.0740. The molecule has 6 amide bonds. The topological polar surface area (TPSA) is 238 Å². The highest BCUT2D eigenvalue weighted by molar-refractivity contribution is 5.96. The summed E-state index contributed by atoms with van der Waals surface area (Å²) in [6.07, 6.45) is -0.283. The second-order valence-electron chi connectivity index (χ2n) is 12.1. The largest absolute Gasteiger partial charge is 0.481 e. The van der Waals surface area contributed by atoms with Gasteiger partial charge in [-0.1, -0.05) is 91.0 Å². The second-order valence-corrected chi connectivity index (χ2v) is 12.1. The molecule has 0 aliphatic heterocycles. The predicted octanol–water partition coefficient (Wildman–Crippen LogP) is -0.662. The molecule has 0 aromatic heterocycles. The van der Waals surface area contributed by atoms with E-state index in [1.165, 1.54) is 14.0 Å². The standard InChI is InChI=1S/C37H45N7O8/c1-23(34(49)43-27(33(38)48)18-24-12-6-3-7-13-24)41-37(52)30(20-26-16-10-5-11-17-26)42-31(45)22-40-35(50)29(19-25-14-8-4-9-15-25)44-36(51)28(39-2)21-32(46)47/h3-17,23,27-30,39H,18-22H2,1-2H3,(H2,38,48)(H,40,50)(H,41,52)(H,42,45)(H,43,49)(H,44,51)(H,46,47)/t23-,27-,28-,29?,30-/m0/s1. The molecule has 0 bridgehead atoms. The number of carboxylic acid groups (broad SMARTS) is 1. The highest BCUT2D eigenvalue weighted by atomic mass is 16.4. The predicted molar refractivity (Wildman–Crippen MR) is 191 cm³/mol. The summed E-state index contributed by atoms with van der Waals surface area (Å²) in [4.78, 5) is 89.1. The zero-order valence-electron chi connectivity index (χ0n) is 29.0. The molecule has 276 valence electrons. The zero-order valence-corrected chi connectivity index (χ0v) is 29.0. The van der Waals surface area contributed by atoms with Gasteiger partial charge >= 0.3 is 5.97 Å². The van der Waals surface area contributed by atoms with E-state index in [-0.39, 0.29) is 19.3 Å². The van der Waals surface area contributed by atoms with Crippen molar-refractivity contribution in [1.82, 2.24) is 31.9 Å². The molecule has 3 rings (SSSR count). The number of carbonyl (C=O) groups is 7. The molecule has 0 fully saturated rings. The number of carbonyl (C=O) groups excluding carboxylic acids is 6. The van der Waals surface area contributed by atoms with Crippen LogP contribution in [0.3, 0.4) is 0 Å². The van der Waals surface area contributed by atoms with Crippen LogP contribution in [0.5, 0.6) is 0 Å². The highest BCUT2D eigenvalue weighted by Crippen LogP contribution is 2.07. The molecule has 0 heterocycles. The zero-order chi connectivity index (χ0) is 38.0. The summed E-state index contributed by atoms with van der Waals surface area (Å²) in [6.45, 7) is 0.852. The number of hydrogen-bond acceptors (Lipinski definition) is 8. The van der Waals surface area contributed by atoms with Crippen molar-refractivity contribution in [1.29, 1.82) is 0 Å². The maximum Gasteiger partial charge on any atom is 0.305 e. The van der Waals surface area contributed by atoms with Crippen molar-refractivity contribution in [2.24, 2.45) is 5.73 Å². The number of hydrogen-bond donors (Lipinski definition) is 8. The van der Waals surface area contributed by atoms with Crippen LogP contribution in [0.4, 0.5) is 0 Å². The molecular formula is C37H45N7O8. The van der Waals surface area contributed by atoms with Crippen molar-refractivity contribution < 1.29 is 38.7 Å². The molecule has 0 aliphatic rings. The lowest BCUT2D eigenvalue weighted by Gasteiger charge is -2.24. The lowest BCUT2D eigenvalue weighted by molar-refractivity contribution is -0.140. The molecule has 15 nitrogen and oxygen atoms in total. The summed E-state index contributed by atoms with van der Waals surface area (Å²) >= 11 is 0. The number of likely N-dealkylation sites (N-methyl/N-ethyl adjacent to an activating group) is 1. The van der Waals surface area contributed by atoms with Gasteiger partial charge < -0.3 is 42.7 Å². The summed E-state index contributed by atoms with van der Waals surface area (Å²) in [6, 6.07) is 21.0. The van der Waals surface area contributed by atoms with E-state index in [4.69, 9.17) is 10.8 Å². The van der Waals surface area contributed by atoms with Gasteiger partial charge in [0.05, 0.1) is 19.0 Å². The van der Waals surface area contributed by atoms with Crippen molar-refractivity contribution in [2.75, 3.05) is 13.6 Å². The van der Waals surface area contributed by atoms with Crippen LogP contribution in [0.2, 0.25) is 0 Å². The Kier molecular flexibility index (Phi) is 15.9. The molecule has 9 N–H and O–H groups in total. The normalized spacial score (nSPS) is 13.6. The van der Waals surface area contributed by atoms with Gasteiger partial charge in [-0.25, -0.2) is 0 Å². The molecule has 5 atom stereocenters. The number of nitrogens with one attached hydrogen (secondary N) is 6. The van der Waals surface area contributed by atoms with Crippen molar-refractivity contribution >= 4 is 41.4 Å². The van der Waals surface area contributed by atoms with Crippen molar-refractivity contribution in [3.05, 3.63) is 108 Å². The van der Waals surface area contributed by atoms with Crippen molar-refractivity contribution in [2.45, 2.75) is 62.8 Å². The van der Waals surface area contributed by atoms with E-state index in [0.29, 0.717) is 11.1 Å². The van der Waals surface area contributed by atoms with Gasteiger partial charge in [-0.3, -0.25) is 33.6 Å². The minimum Gasteiger partial charge on any atom is -0.481 e. The number of carboxylic acids is 1. The first-order chi connectivity index (χ1) is 24.9. The summed E-state index contributed by atoms with van der Waals surface area (Å²) in [7, 11) is 1.42. The SMILES string of the molecule is CN[C@@H](CC(=O)O)C(=O)NC(Cc1ccccc1)C(=O)NCC(=O)N[C@@H](Cc1ccccc1)C(=O)N[C@@H](C)C(=O)N[C@@H](Cc1ccccc1)C(N)=O. The molecule has 3 aromatic rings. The Hall–Kier alpha value is -6.09. The van der Waals surface area contributed by atoms with E-state index >= 15 is 0 Å². The minimum absolute atomic E-state index is 0.0420. The van der Waals surface area contributed by atoms with E-state index in [9.17, 15) is 33.6 Å². The Morgan fingerprint density at radius 3 is 1.44 bits per heavy atom. The number of amides is 6. The Morgan fingerprint density at radius 1 is 0.577 bits per heavy atom. The average Bonchev–Trinajstić information content (AvgIpc) is 3.13. The molecule has 15 heteroatoms. The molecule has 0 aliphatic carbocycles. The number of aliphatic carboxylic acids is 1. The van der Waals surface area contributed by atoms with Gasteiger partial charge in [-0.15, -0.1) is 0 Å². The molecule has 0 saturated heterocycles. The summed E-state index contributed by atoms with van der Waals surface area (Å²) in [5, 5.41) is 24.6. The third-order valence-corrected chi connectivity index (χ3v) is 8.01. The van der Waals surface area contributed by atoms with Gasteiger partial charge in [0.15, 0.2) is 0 Å². The molecule has 0 spiro atoms. The number of primary amides is 1. The van der Waals surface area contributed by atoms with Gasteiger partial charge in [0.1, 0.15) is 24.2 Å². The molecular weight excluding hydrogens is 670 g/mol. The first kappa shape index (κ1) is 40.3. The number of rotatable bonds is 20. The Balaban J connectivity index is 1.67. The van der Waals surface area contributed by atoms with Crippen molar-refractivity contribution in [3.8, 4) is 0 Å². The van der Waals surface area contributed by atoms with Crippen LogP contribution in [0, 0.1) is 0 Å². The first-order valence-electron chi connectivity index (χ1n) is 16.6. The molecule has 0 radical (unpaired) electrons. The Bertz CT molecular complexity index is 1680. The molecule has 0 saturated carbocycles. The fourth-order valence-electron chi connectivity index (χ4n) is 5.18. The van der Waals surface area contributed by atoms with Gasteiger partial charge in [0.2, 0.25) is 35.4 Å². The van der Waals surface area contributed by atoms with Crippen LogP contribution in [0.25, 0.3) is 0 Å². The lowest BCUT2D eigenvalue weighted by atomic mass is 10.0. The summed E-state index contributed by atoms with van der Waals surface area (Å²) in [5.41, 5.74) is 7.70. The summed E-state index contributed by atoms with van der Waals surface area (Å²) in [5.74, 6) is -5.49. The van der Waals surface area contributed by atoms with E-state index in [1.54, 1.807) is 84.9 Å². The number of nitrogens with two attached hydrogens (primary N) is 1. The van der Waals surface area contributed by atoms with Crippen LogP contribution in [-0.4, -0.2) is 90.3 Å². The monoisotopic (exact) mass is 715 g/mol. The average molecular weight is 716 g/mol. The maximum atomic E-state index is 13.5. The van der Waals surface area contributed by atoms with E-state index < -0.39 is 84.6 Å². The van der Waals surface area contributed by atoms with E-state index in [0.717, 1.165) is 5.56 Å². The highest BCUT2D eigenvalue weighted by Gasteiger charge is 2.29. The van der Waals surface area contributed by atoms with Crippen LogP contribution in [-0.2, 0) is 52.8 Å². The van der Waals surface area contributed by atoms with Gasteiger partial charge in [-0.2, -0.15) is 0 Å². The Morgan fingerprint density at radius 2 is 1.00 bits per heavy atom. The van der Waals surface area contributed by atoms with Crippen molar-refractivity contribution in [3.63, 3.8) is 0 Å². The van der Waals surface area contributed by atoms with Crippen LogP contribution < -0.4 is 37.6 Å².